The first-order chi connectivity index (χ1) is 12.1. The number of rotatable bonds is 3. The van der Waals surface area contributed by atoms with Crippen molar-refractivity contribution in [2.45, 2.75) is 0 Å². The fourth-order valence-corrected chi connectivity index (χ4v) is 3.12. The summed E-state index contributed by atoms with van der Waals surface area (Å²) in [5.41, 5.74) is 2.05. The second-order valence-electron chi connectivity index (χ2n) is 5.09. The fraction of sp³-hybridized carbons (Fsp3) is 0. The topological polar surface area (TPSA) is 79.4 Å². The van der Waals surface area contributed by atoms with Crippen LogP contribution < -0.4 is 5.32 Å². The van der Waals surface area contributed by atoms with E-state index in [0.29, 0.717) is 43.7 Å². The number of H-pyrrole nitrogens is 1. The molecule has 0 aliphatic rings. The molecular weight excluding hydrogens is 383 g/mol. The number of halogens is 3. The van der Waals surface area contributed by atoms with Crippen LogP contribution in [0.2, 0.25) is 15.2 Å². The summed E-state index contributed by atoms with van der Waals surface area (Å²) in [7, 11) is 0. The van der Waals surface area contributed by atoms with Crippen LogP contribution in [-0.2, 0) is 0 Å². The van der Waals surface area contributed by atoms with Crippen LogP contribution in [0.25, 0.3) is 22.4 Å². The van der Waals surface area contributed by atoms with E-state index in [1.165, 1.54) is 6.33 Å². The first-order valence-corrected chi connectivity index (χ1v) is 8.29. The molecule has 124 valence electrons. The number of nitrogens with one attached hydrogen (secondary N) is 2. The van der Waals surface area contributed by atoms with Crippen molar-refractivity contribution in [3.63, 3.8) is 0 Å². The van der Waals surface area contributed by atoms with Gasteiger partial charge in [0.2, 0.25) is 0 Å². The Morgan fingerprint density at radius 1 is 0.960 bits per heavy atom. The molecule has 0 unspecified atom stereocenters. The van der Waals surface area contributed by atoms with Crippen molar-refractivity contribution in [1.82, 2.24) is 24.9 Å². The molecule has 0 amide bonds. The summed E-state index contributed by atoms with van der Waals surface area (Å²) in [6.07, 6.45) is 3.02. The molecule has 0 saturated carbocycles. The predicted octanol–water partition coefficient (Wildman–Crippen LogP) is 5.12. The molecular formula is C16H9Cl3N6. The van der Waals surface area contributed by atoms with Gasteiger partial charge in [0, 0.05) is 12.3 Å². The van der Waals surface area contributed by atoms with Gasteiger partial charge >= 0.3 is 0 Å². The maximum atomic E-state index is 6.27. The van der Waals surface area contributed by atoms with E-state index in [9.17, 15) is 0 Å². The van der Waals surface area contributed by atoms with Crippen LogP contribution in [0.4, 0.5) is 11.6 Å². The van der Waals surface area contributed by atoms with Crippen LogP contribution in [0.3, 0.4) is 0 Å². The van der Waals surface area contributed by atoms with Gasteiger partial charge in [0.05, 0.1) is 21.1 Å². The Morgan fingerprint density at radius 3 is 2.52 bits per heavy atom. The second kappa shape index (κ2) is 6.48. The van der Waals surface area contributed by atoms with Gasteiger partial charge in [0.1, 0.15) is 28.6 Å². The third-order valence-corrected chi connectivity index (χ3v) is 4.32. The number of anilines is 2. The van der Waals surface area contributed by atoms with Crippen molar-refractivity contribution in [3.8, 4) is 11.4 Å². The molecule has 6 nitrogen and oxygen atoms in total. The molecule has 0 atom stereocenters. The maximum absolute atomic E-state index is 6.27. The lowest BCUT2D eigenvalue weighted by Crippen LogP contribution is -1.97. The Morgan fingerprint density at radius 2 is 1.76 bits per heavy atom. The normalized spacial score (nSPS) is 11.0. The fourth-order valence-electron chi connectivity index (χ4n) is 2.39. The summed E-state index contributed by atoms with van der Waals surface area (Å²) in [6.45, 7) is 0. The third kappa shape index (κ3) is 3.11. The van der Waals surface area contributed by atoms with Gasteiger partial charge in [-0.3, -0.25) is 0 Å². The smallest absolute Gasteiger partial charge is 0.159 e. The molecule has 0 aliphatic carbocycles. The Kier molecular flexibility index (Phi) is 4.17. The monoisotopic (exact) mass is 390 g/mol. The SMILES string of the molecule is Clc1cc(Nc2nccc3[nH]c(-c4c(Cl)cccc4Cl)nc23)ncn1. The number of nitrogens with zero attached hydrogens (tertiary/aromatic N) is 4. The molecule has 3 heterocycles. The quantitative estimate of drug-likeness (QED) is 0.474. The van der Waals surface area contributed by atoms with E-state index in [2.05, 4.69) is 30.2 Å². The van der Waals surface area contributed by atoms with Gasteiger partial charge in [0.25, 0.3) is 0 Å². The van der Waals surface area contributed by atoms with Crippen molar-refractivity contribution in [2.75, 3.05) is 5.32 Å². The highest BCUT2D eigenvalue weighted by Gasteiger charge is 2.15. The standard InChI is InChI=1S/C16H9Cl3N6/c17-8-2-1-3-9(18)13(8)15-23-10-4-5-20-16(14(10)25-15)24-12-6-11(19)21-7-22-12/h1-7H,(H,23,25)(H,20,21,22,24). The Hall–Kier alpha value is -2.41. The number of hydrogen-bond acceptors (Lipinski definition) is 5. The van der Waals surface area contributed by atoms with E-state index in [0.717, 1.165) is 5.52 Å². The number of fused-ring (bicyclic) bond motifs is 1. The van der Waals surface area contributed by atoms with E-state index >= 15 is 0 Å². The second-order valence-corrected chi connectivity index (χ2v) is 6.29. The van der Waals surface area contributed by atoms with E-state index in [-0.39, 0.29) is 0 Å². The zero-order valence-corrected chi connectivity index (χ0v) is 14.7. The number of imidazole rings is 1. The van der Waals surface area contributed by atoms with Crippen molar-refractivity contribution >= 4 is 57.5 Å². The molecule has 0 bridgehead atoms. The minimum atomic E-state index is 0.329. The van der Waals surface area contributed by atoms with Crippen LogP contribution in [0.15, 0.2) is 42.9 Å². The average molecular weight is 392 g/mol. The van der Waals surface area contributed by atoms with Crippen LogP contribution in [0, 0.1) is 0 Å². The lowest BCUT2D eigenvalue weighted by molar-refractivity contribution is 1.16. The molecule has 0 saturated heterocycles. The largest absolute Gasteiger partial charge is 0.338 e. The molecule has 0 aliphatic heterocycles. The van der Waals surface area contributed by atoms with Crippen molar-refractivity contribution < 1.29 is 0 Å². The Balaban J connectivity index is 1.82. The first kappa shape index (κ1) is 16.1. The summed E-state index contributed by atoms with van der Waals surface area (Å²) in [4.78, 5) is 20.1. The molecule has 4 aromatic rings. The molecule has 4 rings (SSSR count). The van der Waals surface area contributed by atoms with Gasteiger partial charge in [-0.25, -0.2) is 19.9 Å². The molecule has 0 spiro atoms. The first-order valence-electron chi connectivity index (χ1n) is 7.15. The molecule has 3 aromatic heterocycles. The molecule has 1 aromatic carbocycles. The molecule has 25 heavy (non-hydrogen) atoms. The Bertz CT molecular complexity index is 1060. The number of aromatic nitrogens is 5. The van der Waals surface area contributed by atoms with Gasteiger partial charge in [-0.1, -0.05) is 40.9 Å². The van der Waals surface area contributed by atoms with Gasteiger partial charge in [-0.05, 0) is 18.2 Å². The average Bonchev–Trinajstić information content (AvgIpc) is 2.99. The highest BCUT2D eigenvalue weighted by atomic mass is 35.5. The maximum Gasteiger partial charge on any atom is 0.159 e. The van der Waals surface area contributed by atoms with Crippen LogP contribution in [0.5, 0.6) is 0 Å². The zero-order chi connectivity index (χ0) is 17.4. The van der Waals surface area contributed by atoms with Crippen LogP contribution in [0.1, 0.15) is 0 Å². The number of hydrogen-bond donors (Lipinski definition) is 2. The number of aromatic amines is 1. The van der Waals surface area contributed by atoms with Gasteiger partial charge in [0.15, 0.2) is 5.82 Å². The highest BCUT2D eigenvalue weighted by Crippen LogP contribution is 2.34. The summed E-state index contributed by atoms with van der Waals surface area (Å²) in [5.74, 6) is 1.60. The predicted molar refractivity (Wildman–Crippen MR) is 99.7 cm³/mol. The molecule has 0 fully saturated rings. The van der Waals surface area contributed by atoms with Crippen molar-refractivity contribution in [1.29, 1.82) is 0 Å². The number of benzene rings is 1. The van der Waals surface area contributed by atoms with Gasteiger partial charge in [-0.2, -0.15) is 0 Å². The van der Waals surface area contributed by atoms with E-state index in [1.54, 1.807) is 30.5 Å². The van der Waals surface area contributed by atoms with Gasteiger partial charge in [-0.15, -0.1) is 0 Å². The zero-order valence-electron chi connectivity index (χ0n) is 12.5. The van der Waals surface area contributed by atoms with E-state index in [4.69, 9.17) is 34.8 Å². The lowest BCUT2D eigenvalue weighted by atomic mass is 10.2. The van der Waals surface area contributed by atoms with Crippen LogP contribution >= 0.6 is 34.8 Å². The van der Waals surface area contributed by atoms with E-state index in [1.807, 2.05) is 6.07 Å². The third-order valence-electron chi connectivity index (χ3n) is 3.48. The minimum absolute atomic E-state index is 0.329. The minimum Gasteiger partial charge on any atom is -0.338 e. The number of pyridine rings is 1. The van der Waals surface area contributed by atoms with Crippen molar-refractivity contribution in [3.05, 3.63) is 58.1 Å². The van der Waals surface area contributed by atoms with Crippen LogP contribution in [-0.4, -0.2) is 24.9 Å². The highest BCUT2D eigenvalue weighted by molar-refractivity contribution is 6.39. The van der Waals surface area contributed by atoms with Crippen molar-refractivity contribution in [2.24, 2.45) is 0 Å². The van der Waals surface area contributed by atoms with Gasteiger partial charge < -0.3 is 10.3 Å². The Labute approximate surface area is 157 Å². The summed E-state index contributed by atoms with van der Waals surface area (Å²) in [5, 5.41) is 4.44. The van der Waals surface area contributed by atoms with E-state index < -0.39 is 0 Å². The molecule has 2 N–H and O–H groups in total. The summed E-state index contributed by atoms with van der Waals surface area (Å²) < 4.78 is 0. The molecule has 0 radical (unpaired) electrons. The lowest BCUT2D eigenvalue weighted by Gasteiger charge is -2.04. The summed E-state index contributed by atoms with van der Waals surface area (Å²) >= 11 is 18.4. The molecule has 9 heteroatoms. The summed E-state index contributed by atoms with van der Waals surface area (Å²) in [6, 6.07) is 8.71.